The Bertz CT molecular complexity index is 853. The first kappa shape index (κ1) is 23.2. The molecule has 29 heavy (non-hydrogen) atoms. The molecule has 0 aliphatic carbocycles. The van der Waals surface area contributed by atoms with E-state index in [2.05, 4.69) is 5.32 Å². The fraction of sp³-hybridized carbons (Fsp3) is 0.600. The summed E-state index contributed by atoms with van der Waals surface area (Å²) < 4.78 is 32.2. The third kappa shape index (κ3) is 6.43. The smallest absolute Gasteiger partial charge is 0.407 e. The first-order valence-electron chi connectivity index (χ1n) is 9.72. The summed E-state index contributed by atoms with van der Waals surface area (Å²) in [6.07, 6.45) is -0.419. The zero-order valence-corrected chi connectivity index (χ0v) is 18.6. The number of amides is 2. The lowest BCUT2D eigenvalue weighted by Gasteiger charge is -2.34. The van der Waals surface area contributed by atoms with Crippen molar-refractivity contribution in [2.45, 2.75) is 51.5 Å². The van der Waals surface area contributed by atoms with Crippen molar-refractivity contribution in [1.29, 1.82) is 0 Å². The van der Waals surface area contributed by atoms with Gasteiger partial charge in [0.1, 0.15) is 5.60 Å². The van der Waals surface area contributed by atoms with E-state index in [1.54, 1.807) is 43.9 Å². The Morgan fingerprint density at radius 2 is 1.69 bits per heavy atom. The van der Waals surface area contributed by atoms with Crippen molar-refractivity contribution in [2.24, 2.45) is 0 Å². The maximum absolute atomic E-state index is 12.8. The van der Waals surface area contributed by atoms with Gasteiger partial charge < -0.3 is 15.0 Å². The van der Waals surface area contributed by atoms with Crippen LogP contribution in [0.1, 0.15) is 38.3 Å². The Morgan fingerprint density at radius 1 is 1.07 bits per heavy atom. The SMILES string of the molecule is Cc1ccc(S(=O)(=O)N2CCN(C(=O)CCNC(=O)OC(C)(C)C)CC2)cc1C. The van der Waals surface area contributed by atoms with E-state index in [0.717, 1.165) is 11.1 Å². The van der Waals surface area contributed by atoms with Gasteiger partial charge in [-0.05, 0) is 57.9 Å². The molecule has 8 nitrogen and oxygen atoms in total. The fourth-order valence-electron chi connectivity index (χ4n) is 2.95. The Kier molecular flexibility index (Phi) is 7.29. The quantitative estimate of drug-likeness (QED) is 0.779. The van der Waals surface area contributed by atoms with E-state index in [1.807, 2.05) is 13.8 Å². The number of benzene rings is 1. The van der Waals surface area contributed by atoms with E-state index >= 15 is 0 Å². The molecule has 1 saturated heterocycles. The van der Waals surface area contributed by atoms with E-state index in [-0.39, 0.29) is 36.9 Å². The van der Waals surface area contributed by atoms with Crippen LogP contribution >= 0.6 is 0 Å². The number of ether oxygens (including phenoxy) is 1. The van der Waals surface area contributed by atoms with Crippen LogP contribution in [0.4, 0.5) is 4.79 Å². The normalized spacial score (nSPS) is 15.8. The van der Waals surface area contributed by atoms with Crippen LogP contribution in [0.25, 0.3) is 0 Å². The zero-order valence-electron chi connectivity index (χ0n) is 17.8. The number of nitrogens with one attached hydrogen (secondary N) is 1. The number of carbonyl (C=O) groups excluding carboxylic acids is 2. The molecule has 1 heterocycles. The second kappa shape index (κ2) is 9.13. The summed E-state index contributed by atoms with van der Waals surface area (Å²) in [5.74, 6) is -0.121. The third-order valence-electron chi connectivity index (χ3n) is 4.71. The highest BCUT2D eigenvalue weighted by Crippen LogP contribution is 2.20. The number of hydrogen-bond donors (Lipinski definition) is 1. The van der Waals surface area contributed by atoms with E-state index in [9.17, 15) is 18.0 Å². The Morgan fingerprint density at radius 3 is 2.24 bits per heavy atom. The average molecular weight is 426 g/mol. The number of sulfonamides is 1. The molecule has 2 amide bonds. The molecule has 0 atom stereocenters. The molecule has 1 fully saturated rings. The number of carbonyl (C=O) groups is 2. The van der Waals surface area contributed by atoms with E-state index in [0.29, 0.717) is 13.1 Å². The minimum atomic E-state index is -3.57. The van der Waals surface area contributed by atoms with Gasteiger partial charge in [0.25, 0.3) is 0 Å². The summed E-state index contributed by atoms with van der Waals surface area (Å²) >= 11 is 0. The van der Waals surface area contributed by atoms with Crippen molar-refractivity contribution >= 4 is 22.0 Å². The zero-order chi connectivity index (χ0) is 21.8. The number of hydrogen-bond acceptors (Lipinski definition) is 5. The van der Waals surface area contributed by atoms with Gasteiger partial charge in [-0.3, -0.25) is 4.79 Å². The maximum Gasteiger partial charge on any atom is 0.407 e. The molecule has 0 aromatic heterocycles. The monoisotopic (exact) mass is 425 g/mol. The number of nitrogens with zero attached hydrogens (tertiary/aromatic N) is 2. The molecule has 1 N–H and O–H groups in total. The molecule has 9 heteroatoms. The van der Waals surface area contributed by atoms with Crippen molar-refractivity contribution in [3.05, 3.63) is 29.3 Å². The first-order chi connectivity index (χ1) is 13.4. The van der Waals surface area contributed by atoms with Crippen LogP contribution in [-0.4, -0.2) is 67.9 Å². The van der Waals surface area contributed by atoms with Crippen LogP contribution in [0.3, 0.4) is 0 Å². The van der Waals surface area contributed by atoms with Gasteiger partial charge in [0.15, 0.2) is 0 Å². The molecule has 0 unspecified atom stereocenters. The standard InChI is InChI=1S/C20H31N3O5S/c1-15-6-7-17(14-16(15)2)29(26,27)23-12-10-22(11-13-23)18(24)8-9-21-19(25)28-20(3,4)5/h6-7,14H,8-13H2,1-5H3,(H,21,25). The molecule has 1 aromatic carbocycles. The Balaban J connectivity index is 1.84. The molecule has 1 aliphatic rings. The van der Waals surface area contributed by atoms with Gasteiger partial charge in [0.05, 0.1) is 4.90 Å². The van der Waals surface area contributed by atoms with Crippen LogP contribution in [0, 0.1) is 13.8 Å². The number of piperazine rings is 1. The molecule has 1 aliphatic heterocycles. The average Bonchev–Trinajstić information content (AvgIpc) is 2.62. The van der Waals surface area contributed by atoms with Crippen LogP contribution < -0.4 is 5.32 Å². The number of rotatable bonds is 5. The van der Waals surface area contributed by atoms with Crippen molar-refractivity contribution in [2.75, 3.05) is 32.7 Å². The van der Waals surface area contributed by atoms with Gasteiger partial charge in [-0.2, -0.15) is 4.31 Å². The van der Waals surface area contributed by atoms with Crippen molar-refractivity contribution in [3.63, 3.8) is 0 Å². The first-order valence-corrected chi connectivity index (χ1v) is 11.2. The molecule has 0 bridgehead atoms. The molecule has 0 saturated carbocycles. The van der Waals surface area contributed by atoms with E-state index < -0.39 is 21.7 Å². The molecule has 0 spiro atoms. The minimum absolute atomic E-state index is 0.121. The van der Waals surface area contributed by atoms with E-state index in [4.69, 9.17) is 4.74 Å². The topological polar surface area (TPSA) is 96.0 Å². The van der Waals surface area contributed by atoms with Gasteiger partial charge in [-0.15, -0.1) is 0 Å². The molecule has 2 rings (SSSR count). The molecular weight excluding hydrogens is 394 g/mol. The van der Waals surface area contributed by atoms with Gasteiger partial charge in [-0.1, -0.05) is 6.07 Å². The summed E-state index contributed by atoms with van der Waals surface area (Å²) in [5, 5.41) is 2.56. The van der Waals surface area contributed by atoms with Crippen molar-refractivity contribution < 1.29 is 22.7 Å². The molecule has 1 aromatic rings. The molecular formula is C20H31N3O5S. The maximum atomic E-state index is 12.8. The molecule has 162 valence electrons. The van der Waals surface area contributed by atoms with Gasteiger partial charge in [0.2, 0.25) is 15.9 Å². The van der Waals surface area contributed by atoms with Gasteiger partial charge >= 0.3 is 6.09 Å². The highest BCUT2D eigenvalue weighted by molar-refractivity contribution is 7.89. The Hall–Kier alpha value is -2.13. The van der Waals surface area contributed by atoms with E-state index in [1.165, 1.54) is 4.31 Å². The van der Waals surface area contributed by atoms with Gasteiger partial charge in [0, 0.05) is 39.1 Å². The lowest BCUT2D eigenvalue weighted by molar-refractivity contribution is -0.132. The fourth-order valence-corrected chi connectivity index (χ4v) is 4.45. The van der Waals surface area contributed by atoms with Crippen LogP contribution in [-0.2, 0) is 19.6 Å². The largest absolute Gasteiger partial charge is 0.444 e. The predicted molar refractivity (Wildman–Crippen MR) is 110 cm³/mol. The Labute approximate surface area is 173 Å². The second-order valence-electron chi connectivity index (χ2n) is 8.21. The summed E-state index contributed by atoms with van der Waals surface area (Å²) in [6, 6.07) is 5.11. The summed E-state index contributed by atoms with van der Waals surface area (Å²) in [4.78, 5) is 25.9. The van der Waals surface area contributed by atoms with Crippen molar-refractivity contribution in [1.82, 2.24) is 14.5 Å². The predicted octanol–water partition coefficient (Wildman–Crippen LogP) is 2.05. The van der Waals surface area contributed by atoms with Crippen LogP contribution in [0.15, 0.2) is 23.1 Å². The molecule has 0 radical (unpaired) electrons. The van der Waals surface area contributed by atoms with Crippen LogP contribution in [0.2, 0.25) is 0 Å². The van der Waals surface area contributed by atoms with Gasteiger partial charge in [-0.25, -0.2) is 13.2 Å². The third-order valence-corrected chi connectivity index (χ3v) is 6.61. The summed E-state index contributed by atoms with van der Waals surface area (Å²) in [7, 11) is -3.57. The minimum Gasteiger partial charge on any atom is -0.444 e. The lowest BCUT2D eigenvalue weighted by atomic mass is 10.1. The number of alkyl carbamates (subject to hydrolysis) is 1. The number of aryl methyl sites for hydroxylation is 2. The van der Waals surface area contributed by atoms with Crippen LogP contribution in [0.5, 0.6) is 0 Å². The summed E-state index contributed by atoms with van der Waals surface area (Å²) in [6.45, 7) is 10.5. The lowest BCUT2D eigenvalue weighted by Crippen LogP contribution is -2.50. The second-order valence-corrected chi connectivity index (χ2v) is 10.1. The summed E-state index contributed by atoms with van der Waals surface area (Å²) in [5.41, 5.74) is 1.38. The highest BCUT2D eigenvalue weighted by atomic mass is 32.2. The van der Waals surface area contributed by atoms with Crippen molar-refractivity contribution in [3.8, 4) is 0 Å². The highest BCUT2D eigenvalue weighted by Gasteiger charge is 2.30.